The highest BCUT2D eigenvalue weighted by molar-refractivity contribution is 5.91. The molecule has 1 fully saturated rings. The number of rotatable bonds is 7. The van der Waals surface area contributed by atoms with Crippen molar-refractivity contribution >= 4 is 17.7 Å². The lowest BCUT2D eigenvalue weighted by atomic mass is 9.75. The zero-order valence-electron chi connectivity index (χ0n) is 17.6. The lowest BCUT2D eigenvalue weighted by Crippen LogP contribution is -2.58. The van der Waals surface area contributed by atoms with Crippen LogP contribution in [0, 0.1) is 0 Å². The minimum atomic E-state index is -0.564. The van der Waals surface area contributed by atoms with E-state index >= 15 is 0 Å². The van der Waals surface area contributed by atoms with Crippen molar-refractivity contribution in [1.82, 2.24) is 5.32 Å². The molecule has 1 N–H and O–H groups in total. The van der Waals surface area contributed by atoms with Gasteiger partial charge in [0.25, 0.3) is 0 Å². The van der Waals surface area contributed by atoms with Crippen LogP contribution in [0.15, 0.2) is 54.6 Å². The maximum absolute atomic E-state index is 12.4. The smallest absolute Gasteiger partial charge is 0.241 e. The van der Waals surface area contributed by atoms with Gasteiger partial charge in [-0.1, -0.05) is 70.0 Å². The van der Waals surface area contributed by atoms with Crippen molar-refractivity contribution < 1.29 is 9.53 Å². The molecule has 29 heavy (non-hydrogen) atoms. The number of hydrogen-bond acceptors (Lipinski definition) is 3. The number of benzene rings is 2. The molecule has 4 rings (SSSR count). The number of para-hydroxylation sites is 1. The molecule has 0 aliphatic carbocycles. The second-order valence-electron chi connectivity index (χ2n) is 8.50. The van der Waals surface area contributed by atoms with Crippen LogP contribution in [0.2, 0.25) is 0 Å². The Kier molecular flexibility index (Phi) is 5.12. The molecule has 0 saturated carbocycles. The van der Waals surface area contributed by atoms with E-state index in [2.05, 4.69) is 73.5 Å². The van der Waals surface area contributed by atoms with Crippen molar-refractivity contribution in [3.8, 4) is 5.75 Å². The number of fused-ring (bicyclic) bond motifs is 3. The highest BCUT2D eigenvalue weighted by Gasteiger charge is 2.59. The zero-order chi connectivity index (χ0) is 20.5. The van der Waals surface area contributed by atoms with Crippen LogP contribution >= 0.6 is 0 Å². The predicted molar refractivity (Wildman–Crippen MR) is 118 cm³/mol. The lowest BCUT2D eigenvalue weighted by molar-refractivity contribution is -0.118. The maximum atomic E-state index is 12.4. The van der Waals surface area contributed by atoms with Crippen LogP contribution in [0.5, 0.6) is 5.75 Å². The Hall–Kier alpha value is -2.75. The van der Waals surface area contributed by atoms with Gasteiger partial charge in [-0.2, -0.15) is 0 Å². The molecule has 1 atom stereocenters. The molecule has 0 spiro atoms. The van der Waals surface area contributed by atoms with Gasteiger partial charge in [-0.15, -0.1) is 0 Å². The van der Waals surface area contributed by atoms with Crippen LogP contribution in [-0.4, -0.2) is 24.7 Å². The van der Waals surface area contributed by atoms with Gasteiger partial charge in [0.2, 0.25) is 5.91 Å². The van der Waals surface area contributed by atoms with Gasteiger partial charge in [0.15, 0.2) is 0 Å². The Morgan fingerprint density at radius 2 is 1.97 bits per heavy atom. The molecular weight excluding hydrogens is 360 g/mol. The number of amides is 1. The second kappa shape index (κ2) is 7.58. The summed E-state index contributed by atoms with van der Waals surface area (Å²) in [7, 11) is 0. The van der Waals surface area contributed by atoms with Crippen LogP contribution in [0.4, 0.5) is 5.69 Å². The molecule has 0 bridgehead atoms. The van der Waals surface area contributed by atoms with Crippen molar-refractivity contribution in [3.63, 3.8) is 0 Å². The number of hydrogen-bond donors (Lipinski definition) is 1. The molecule has 2 aromatic rings. The third-order valence-electron chi connectivity index (χ3n) is 6.27. The van der Waals surface area contributed by atoms with Gasteiger partial charge < -0.3 is 15.0 Å². The van der Waals surface area contributed by atoms with Gasteiger partial charge in [-0.05, 0) is 41.8 Å². The molecule has 2 heterocycles. The maximum Gasteiger partial charge on any atom is 0.241 e. The standard InChI is InChI=1S/C25H30N2O2/c1-4-5-8-16-29-20-11-9-10-19(17-20)14-15-25-24(2,3)21-12-6-7-13-22(21)27(25)18-23(28)26-25/h6-7,9-15,17H,4-5,8,16,18H2,1-3H3,(H,26,28). The summed E-state index contributed by atoms with van der Waals surface area (Å²) in [6, 6.07) is 16.5. The summed E-state index contributed by atoms with van der Waals surface area (Å²) in [5.74, 6) is 0.951. The second-order valence-corrected chi connectivity index (χ2v) is 8.50. The predicted octanol–water partition coefficient (Wildman–Crippen LogP) is 4.89. The SMILES string of the molecule is CCCCCOc1cccc(C=CC23NC(=O)CN2c2ccccc2C3(C)C)c1. The molecule has 152 valence electrons. The monoisotopic (exact) mass is 390 g/mol. The first kappa shape index (κ1) is 19.6. The van der Waals surface area contributed by atoms with Gasteiger partial charge >= 0.3 is 0 Å². The van der Waals surface area contributed by atoms with Crippen LogP contribution in [0.25, 0.3) is 6.08 Å². The van der Waals surface area contributed by atoms with E-state index in [9.17, 15) is 4.79 Å². The zero-order valence-corrected chi connectivity index (χ0v) is 17.6. The Balaban J connectivity index is 1.61. The van der Waals surface area contributed by atoms with Crippen LogP contribution in [-0.2, 0) is 10.2 Å². The number of unbranched alkanes of at least 4 members (excludes halogenated alkanes) is 2. The van der Waals surface area contributed by atoms with Crippen LogP contribution in [0.1, 0.15) is 51.2 Å². The number of nitrogens with one attached hydrogen (secondary N) is 1. The minimum Gasteiger partial charge on any atom is -0.494 e. The van der Waals surface area contributed by atoms with Crippen LogP contribution < -0.4 is 15.0 Å². The van der Waals surface area contributed by atoms with Gasteiger partial charge in [-0.3, -0.25) is 4.79 Å². The third kappa shape index (κ3) is 3.31. The van der Waals surface area contributed by atoms with E-state index in [-0.39, 0.29) is 11.3 Å². The summed E-state index contributed by atoms with van der Waals surface area (Å²) < 4.78 is 5.90. The number of carbonyl (C=O) groups excluding carboxylic acids is 1. The van der Waals surface area contributed by atoms with Crippen molar-refractivity contribution in [2.24, 2.45) is 0 Å². The van der Waals surface area contributed by atoms with E-state index in [4.69, 9.17) is 4.74 Å². The molecule has 1 amide bonds. The summed E-state index contributed by atoms with van der Waals surface area (Å²) in [4.78, 5) is 14.6. The average Bonchev–Trinajstić information content (AvgIpc) is 3.15. The molecular formula is C25H30N2O2. The fourth-order valence-corrected chi connectivity index (χ4v) is 4.61. The van der Waals surface area contributed by atoms with Gasteiger partial charge in [0, 0.05) is 11.1 Å². The fourth-order valence-electron chi connectivity index (χ4n) is 4.61. The first-order valence-electron chi connectivity index (χ1n) is 10.6. The molecule has 4 heteroatoms. The Bertz CT molecular complexity index is 934. The number of carbonyl (C=O) groups is 1. The summed E-state index contributed by atoms with van der Waals surface area (Å²) in [6.07, 6.45) is 7.70. The normalized spacial score (nSPS) is 21.9. The van der Waals surface area contributed by atoms with Gasteiger partial charge in [-0.25, -0.2) is 0 Å². The largest absolute Gasteiger partial charge is 0.494 e. The van der Waals surface area contributed by atoms with E-state index in [0.717, 1.165) is 30.0 Å². The molecule has 2 aliphatic heterocycles. The van der Waals surface area contributed by atoms with E-state index in [1.54, 1.807) is 0 Å². The third-order valence-corrected chi connectivity index (χ3v) is 6.27. The summed E-state index contributed by atoms with van der Waals surface area (Å²) in [6.45, 7) is 7.73. The quantitative estimate of drug-likeness (QED) is 0.684. The minimum absolute atomic E-state index is 0.0604. The van der Waals surface area contributed by atoms with Gasteiger partial charge in [0.1, 0.15) is 11.4 Å². The summed E-state index contributed by atoms with van der Waals surface area (Å²) in [5.41, 5.74) is 2.65. The number of anilines is 1. The first-order chi connectivity index (χ1) is 14.0. The average molecular weight is 391 g/mol. The molecule has 1 unspecified atom stereocenters. The molecule has 4 nitrogen and oxygen atoms in total. The van der Waals surface area contributed by atoms with Gasteiger partial charge in [0.05, 0.1) is 13.2 Å². The molecule has 0 radical (unpaired) electrons. The van der Waals surface area contributed by atoms with E-state index in [1.807, 2.05) is 18.2 Å². The Morgan fingerprint density at radius 3 is 2.79 bits per heavy atom. The van der Waals surface area contributed by atoms with Crippen molar-refractivity contribution in [2.75, 3.05) is 18.1 Å². The van der Waals surface area contributed by atoms with Crippen molar-refractivity contribution in [3.05, 3.63) is 65.7 Å². The van der Waals surface area contributed by atoms with Crippen molar-refractivity contribution in [2.45, 2.75) is 51.1 Å². The lowest BCUT2D eigenvalue weighted by Gasteiger charge is -2.40. The topological polar surface area (TPSA) is 41.6 Å². The van der Waals surface area contributed by atoms with Crippen molar-refractivity contribution in [1.29, 1.82) is 0 Å². The highest BCUT2D eigenvalue weighted by atomic mass is 16.5. The fraction of sp³-hybridized carbons (Fsp3) is 0.400. The molecule has 2 aliphatic rings. The van der Waals surface area contributed by atoms with E-state index in [1.165, 1.54) is 18.4 Å². The summed E-state index contributed by atoms with van der Waals surface area (Å²) >= 11 is 0. The summed E-state index contributed by atoms with van der Waals surface area (Å²) in [5, 5.41) is 3.27. The molecule has 0 aromatic heterocycles. The molecule has 1 saturated heterocycles. The number of ether oxygens (including phenoxy) is 1. The number of nitrogens with zero attached hydrogens (tertiary/aromatic N) is 1. The first-order valence-corrected chi connectivity index (χ1v) is 10.6. The van der Waals surface area contributed by atoms with E-state index < -0.39 is 5.66 Å². The van der Waals surface area contributed by atoms with Crippen LogP contribution in [0.3, 0.4) is 0 Å². The Labute approximate surface area is 173 Å². The Morgan fingerprint density at radius 1 is 1.14 bits per heavy atom. The van der Waals surface area contributed by atoms with E-state index in [0.29, 0.717) is 6.54 Å². The highest BCUT2D eigenvalue weighted by Crippen LogP contribution is 2.52. The molecule has 2 aromatic carbocycles.